The average molecular weight is 349 g/mol. The number of H-pyrrole nitrogens is 1. The Bertz CT molecular complexity index is 1020. The fourth-order valence-corrected chi connectivity index (χ4v) is 3.64. The Balaban J connectivity index is 1.86. The standard InChI is InChI=1S/C21H23N3O2/c1-12-9-14-15(10-13-5-4-6-16(23-13)20(22)25)19(21(2)7-8-21)24-17(14)11-18(12)26-3/h4-6,9,11,24H,7-8,10H2,1-3H3,(H2,22,25). The summed E-state index contributed by atoms with van der Waals surface area (Å²) in [5, 5.41) is 1.19. The number of hydrogen-bond donors (Lipinski definition) is 2. The molecule has 0 spiro atoms. The van der Waals surface area contributed by atoms with Gasteiger partial charge >= 0.3 is 0 Å². The summed E-state index contributed by atoms with van der Waals surface area (Å²) in [4.78, 5) is 19.5. The molecule has 1 fully saturated rings. The second-order valence-electron chi connectivity index (χ2n) is 7.46. The zero-order valence-corrected chi connectivity index (χ0v) is 15.3. The number of carbonyl (C=O) groups is 1. The molecule has 0 aliphatic heterocycles. The minimum absolute atomic E-state index is 0.191. The summed E-state index contributed by atoms with van der Waals surface area (Å²) in [6.45, 7) is 4.35. The molecule has 5 heteroatoms. The summed E-state index contributed by atoms with van der Waals surface area (Å²) in [5.41, 5.74) is 11.4. The predicted octanol–water partition coefficient (Wildman–Crippen LogP) is 3.62. The molecule has 3 N–H and O–H groups in total. The van der Waals surface area contributed by atoms with Gasteiger partial charge in [0.05, 0.1) is 7.11 Å². The third kappa shape index (κ3) is 2.73. The maximum atomic E-state index is 11.5. The number of rotatable bonds is 5. The van der Waals surface area contributed by atoms with Gasteiger partial charge in [-0.15, -0.1) is 0 Å². The van der Waals surface area contributed by atoms with E-state index >= 15 is 0 Å². The lowest BCUT2D eigenvalue weighted by Crippen LogP contribution is -2.14. The number of nitrogens with one attached hydrogen (secondary N) is 1. The minimum atomic E-state index is -0.499. The Hall–Kier alpha value is -2.82. The second kappa shape index (κ2) is 5.87. The Morgan fingerprint density at radius 3 is 2.77 bits per heavy atom. The smallest absolute Gasteiger partial charge is 0.267 e. The van der Waals surface area contributed by atoms with Crippen LogP contribution in [0.25, 0.3) is 10.9 Å². The van der Waals surface area contributed by atoms with Crippen molar-refractivity contribution < 1.29 is 9.53 Å². The molecule has 3 aromatic rings. The Morgan fingerprint density at radius 1 is 1.35 bits per heavy atom. The van der Waals surface area contributed by atoms with Crippen LogP contribution in [-0.2, 0) is 11.8 Å². The highest BCUT2D eigenvalue weighted by Gasteiger charge is 2.42. The molecular formula is C21H23N3O2. The molecule has 0 radical (unpaired) electrons. The van der Waals surface area contributed by atoms with Crippen LogP contribution in [0, 0.1) is 6.92 Å². The molecular weight excluding hydrogens is 326 g/mol. The summed E-state index contributed by atoms with van der Waals surface area (Å²) in [7, 11) is 1.69. The number of aromatic amines is 1. The third-order valence-corrected chi connectivity index (χ3v) is 5.44. The van der Waals surface area contributed by atoms with Gasteiger partial charge in [-0.25, -0.2) is 4.98 Å². The Morgan fingerprint density at radius 2 is 2.12 bits per heavy atom. The van der Waals surface area contributed by atoms with Crippen molar-refractivity contribution in [1.82, 2.24) is 9.97 Å². The van der Waals surface area contributed by atoms with Crippen LogP contribution in [0.5, 0.6) is 5.75 Å². The molecule has 1 saturated carbocycles. The molecule has 1 aromatic carbocycles. The van der Waals surface area contributed by atoms with Crippen molar-refractivity contribution in [2.75, 3.05) is 7.11 Å². The quantitative estimate of drug-likeness (QED) is 0.738. The highest BCUT2D eigenvalue weighted by atomic mass is 16.5. The topological polar surface area (TPSA) is 81.0 Å². The largest absolute Gasteiger partial charge is 0.496 e. The first kappa shape index (κ1) is 16.6. The number of hydrogen-bond acceptors (Lipinski definition) is 3. The summed E-state index contributed by atoms with van der Waals surface area (Å²) in [5.74, 6) is 0.382. The van der Waals surface area contributed by atoms with Gasteiger partial charge in [-0.1, -0.05) is 13.0 Å². The monoisotopic (exact) mass is 349 g/mol. The molecule has 1 amide bonds. The molecule has 26 heavy (non-hydrogen) atoms. The van der Waals surface area contributed by atoms with Gasteiger partial charge in [0.1, 0.15) is 11.4 Å². The molecule has 2 aromatic heterocycles. The number of methoxy groups -OCH3 is 1. The predicted molar refractivity (Wildman–Crippen MR) is 102 cm³/mol. The van der Waals surface area contributed by atoms with Crippen LogP contribution in [-0.4, -0.2) is 23.0 Å². The van der Waals surface area contributed by atoms with Gasteiger partial charge in [-0.2, -0.15) is 0 Å². The average Bonchev–Trinajstić information content (AvgIpc) is 3.27. The van der Waals surface area contributed by atoms with Crippen LogP contribution in [0.2, 0.25) is 0 Å². The maximum absolute atomic E-state index is 11.5. The number of carbonyl (C=O) groups excluding carboxylic acids is 1. The molecule has 1 aliphatic carbocycles. The number of nitrogens with two attached hydrogens (primary N) is 1. The normalized spacial score (nSPS) is 15.2. The van der Waals surface area contributed by atoms with Crippen LogP contribution in [0.15, 0.2) is 30.3 Å². The van der Waals surface area contributed by atoms with E-state index in [1.165, 1.54) is 29.5 Å². The molecule has 134 valence electrons. The Labute approximate surface area is 152 Å². The lowest BCUT2D eigenvalue weighted by atomic mass is 9.95. The van der Waals surface area contributed by atoms with Gasteiger partial charge in [-0.3, -0.25) is 4.79 Å². The third-order valence-electron chi connectivity index (χ3n) is 5.44. The van der Waals surface area contributed by atoms with E-state index in [0.717, 1.165) is 22.5 Å². The molecule has 5 nitrogen and oxygen atoms in total. The molecule has 0 bridgehead atoms. The second-order valence-corrected chi connectivity index (χ2v) is 7.46. The van der Waals surface area contributed by atoms with E-state index < -0.39 is 5.91 Å². The zero-order chi connectivity index (χ0) is 18.5. The first-order valence-electron chi connectivity index (χ1n) is 8.87. The number of ether oxygens (including phenoxy) is 1. The minimum Gasteiger partial charge on any atom is -0.496 e. The summed E-state index contributed by atoms with van der Waals surface area (Å²) < 4.78 is 5.48. The summed E-state index contributed by atoms with van der Waals surface area (Å²) in [6, 6.07) is 9.67. The number of nitrogens with zero attached hydrogens (tertiary/aromatic N) is 1. The first-order chi connectivity index (χ1) is 12.4. The van der Waals surface area contributed by atoms with Gasteiger partial charge in [0.25, 0.3) is 5.91 Å². The van der Waals surface area contributed by atoms with E-state index in [0.29, 0.717) is 12.1 Å². The van der Waals surface area contributed by atoms with Crippen LogP contribution >= 0.6 is 0 Å². The van der Waals surface area contributed by atoms with Crippen LogP contribution in [0.3, 0.4) is 0 Å². The van der Waals surface area contributed by atoms with Crippen LogP contribution < -0.4 is 10.5 Å². The highest BCUT2D eigenvalue weighted by molar-refractivity contribution is 5.91. The molecule has 0 unspecified atom stereocenters. The lowest BCUT2D eigenvalue weighted by molar-refractivity contribution is 0.0995. The fourth-order valence-electron chi connectivity index (χ4n) is 3.64. The number of amides is 1. The van der Waals surface area contributed by atoms with E-state index in [4.69, 9.17) is 10.5 Å². The maximum Gasteiger partial charge on any atom is 0.267 e. The van der Waals surface area contributed by atoms with E-state index in [1.807, 2.05) is 12.1 Å². The number of benzene rings is 1. The molecule has 0 atom stereocenters. The number of aromatic nitrogens is 2. The molecule has 4 rings (SSSR count). The van der Waals surface area contributed by atoms with E-state index in [-0.39, 0.29) is 5.41 Å². The SMILES string of the molecule is COc1cc2[nH]c(C3(C)CC3)c(Cc3cccc(C(N)=O)n3)c2cc1C. The van der Waals surface area contributed by atoms with Crippen molar-refractivity contribution in [2.24, 2.45) is 5.73 Å². The fraction of sp³-hybridized carbons (Fsp3) is 0.333. The van der Waals surface area contributed by atoms with Gasteiger partial charge in [0, 0.05) is 40.2 Å². The summed E-state index contributed by atoms with van der Waals surface area (Å²) in [6.07, 6.45) is 3.02. The van der Waals surface area contributed by atoms with Crippen LogP contribution in [0.1, 0.15) is 52.8 Å². The van der Waals surface area contributed by atoms with E-state index in [9.17, 15) is 4.79 Å². The number of primary amides is 1. The number of aryl methyl sites for hydroxylation is 1. The molecule has 0 saturated heterocycles. The van der Waals surface area contributed by atoms with Crippen molar-refractivity contribution in [2.45, 2.75) is 38.5 Å². The van der Waals surface area contributed by atoms with E-state index in [2.05, 4.69) is 35.9 Å². The number of fused-ring (bicyclic) bond motifs is 1. The van der Waals surface area contributed by atoms with E-state index in [1.54, 1.807) is 13.2 Å². The Kier molecular flexibility index (Phi) is 3.75. The molecule has 2 heterocycles. The van der Waals surface area contributed by atoms with Gasteiger partial charge in [-0.05, 0) is 49.1 Å². The van der Waals surface area contributed by atoms with Crippen molar-refractivity contribution in [3.8, 4) is 5.75 Å². The first-order valence-corrected chi connectivity index (χ1v) is 8.87. The van der Waals surface area contributed by atoms with Crippen LogP contribution in [0.4, 0.5) is 0 Å². The van der Waals surface area contributed by atoms with Crippen molar-refractivity contribution >= 4 is 16.8 Å². The molecule has 1 aliphatic rings. The van der Waals surface area contributed by atoms with Gasteiger partial charge in [0.2, 0.25) is 0 Å². The summed E-state index contributed by atoms with van der Waals surface area (Å²) >= 11 is 0. The van der Waals surface area contributed by atoms with Crippen molar-refractivity contribution in [3.63, 3.8) is 0 Å². The van der Waals surface area contributed by atoms with Gasteiger partial charge in [0.15, 0.2) is 0 Å². The highest BCUT2D eigenvalue weighted by Crippen LogP contribution is 2.50. The van der Waals surface area contributed by atoms with Gasteiger partial charge < -0.3 is 15.5 Å². The zero-order valence-electron chi connectivity index (χ0n) is 15.3. The van der Waals surface area contributed by atoms with Crippen molar-refractivity contribution in [3.05, 3.63) is 58.5 Å². The van der Waals surface area contributed by atoms with Crippen molar-refractivity contribution in [1.29, 1.82) is 0 Å². The number of pyridine rings is 1. The lowest BCUT2D eigenvalue weighted by Gasteiger charge is -2.11.